The van der Waals surface area contributed by atoms with Crippen molar-refractivity contribution in [2.24, 2.45) is 0 Å². The van der Waals surface area contributed by atoms with E-state index in [-0.39, 0.29) is 5.41 Å². The molecule has 5 nitrogen and oxygen atoms in total. The number of nitrogens with one attached hydrogen (secondary N) is 1. The quantitative estimate of drug-likeness (QED) is 0.874. The number of hydrogen-bond acceptors (Lipinski definition) is 5. The van der Waals surface area contributed by atoms with Gasteiger partial charge in [-0.25, -0.2) is 9.97 Å². The Morgan fingerprint density at radius 2 is 2.00 bits per heavy atom. The van der Waals surface area contributed by atoms with Crippen molar-refractivity contribution in [3.63, 3.8) is 0 Å². The van der Waals surface area contributed by atoms with Crippen molar-refractivity contribution in [2.75, 3.05) is 5.32 Å². The van der Waals surface area contributed by atoms with Gasteiger partial charge in [-0.15, -0.1) is 0 Å². The second kappa shape index (κ2) is 5.17. The summed E-state index contributed by atoms with van der Waals surface area (Å²) in [6.45, 7) is 8.52. The van der Waals surface area contributed by atoms with Crippen LogP contribution in [0.5, 0.6) is 0 Å². The lowest BCUT2D eigenvalue weighted by Crippen LogP contribution is -2.17. The highest BCUT2D eigenvalue weighted by atomic mass is 35.5. The second-order valence-corrected chi connectivity index (χ2v) is 5.82. The van der Waals surface area contributed by atoms with E-state index in [4.69, 9.17) is 16.1 Å². The van der Waals surface area contributed by atoms with Crippen LogP contribution in [0.2, 0.25) is 5.15 Å². The zero-order valence-electron chi connectivity index (χ0n) is 11.5. The number of aryl methyl sites for hydroxylation is 1. The minimum atomic E-state index is -0.149. The van der Waals surface area contributed by atoms with Crippen molar-refractivity contribution in [1.82, 2.24) is 15.1 Å². The van der Waals surface area contributed by atoms with Gasteiger partial charge in [0.25, 0.3) is 0 Å². The van der Waals surface area contributed by atoms with Crippen LogP contribution in [0.15, 0.2) is 16.7 Å². The molecule has 0 atom stereocenters. The number of halogens is 1. The highest BCUT2D eigenvalue weighted by Crippen LogP contribution is 2.22. The average Bonchev–Trinajstić information content (AvgIpc) is 2.71. The summed E-state index contributed by atoms with van der Waals surface area (Å²) in [6, 6.07) is 3.57. The van der Waals surface area contributed by atoms with E-state index in [0.717, 1.165) is 11.5 Å². The number of anilines is 1. The monoisotopic (exact) mass is 280 g/mol. The molecule has 0 fully saturated rings. The van der Waals surface area contributed by atoms with E-state index < -0.39 is 0 Å². The Balaban J connectivity index is 2.14. The third kappa shape index (κ3) is 3.67. The highest BCUT2D eigenvalue weighted by Gasteiger charge is 2.18. The summed E-state index contributed by atoms with van der Waals surface area (Å²) in [7, 11) is 0. The molecule has 0 aliphatic rings. The number of hydrogen-bond donors (Lipinski definition) is 1. The fraction of sp³-hybridized carbons (Fsp3) is 0.462. The van der Waals surface area contributed by atoms with E-state index in [2.05, 4.69) is 20.4 Å². The van der Waals surface area contributed by atoms with Crippen molar-refractivity contribution < 1.29 is 4.52 Å². The van der Waals surface area contributed by atoms with Crippen molar-refractivity contribution in [2.45, 2.75) is 39.7 Å². The molecule has 0 aliphatic heterocycles. The second-order valence-electron chi connectivity index (χ2n) is 5.44. The standard InChI is InChI=1S/C13H17ClN4O/c1-8-5-9(19-18-8)7-15-11-6-10(14)16-12(17-11)13(2,3)4/h5-6H,7H2,1-4H3,(H,15,16,17). The largest absolute Gasteiger partial charge is 0.363 e. The van der Waals surface area contributed by atoms with Gasteiger partial charge in [0, 0.05) is 17.5 Å². The van der Waals surface area contributed by atoms with Crippen molar-refractivity contribution in [3.05, 3.63) is 34.6 Å². The average molecular weight is 281 g/mol. The van der Waals surface area contributed by atoms with Gasteiger partial charge in [-0.2, -0.15) is 0 Å². The lowest BCUT2D eigenvalue weighted by atomic mass is 9.96. The molecular formula is C13H17ClN4O. The van der Waals surface area contributed by atoms with E-state index in [1.165, 1.54) is 0 Å². The smallest absolute Gasteiger partial charge is 0.156 e. The maximum Gasteiger partial charge on any atom is 0.156 e. The maximum absolute atomic E-state index is 6.02. The molecule has 0 radical (unpaired) electrons. The first-order chi connectivity index (χ1) is 8.84. The zero-order valence-corrected chi connectivity index (χ0v) is 12.2. The summed E-state index contributed by atoms with van der Waals surface area (Å²) in [6.07, 6.45) is 0. The van der Waals surface area contributed by atoms with Gasteiger partial charge in [-0.05, 0) is 6.92 Å². The molecule has 0 aliphatic carbocycles. The fourth-order valence-corrected chi connectivity index (χ4v) is 1.70. The number of aromatic nitrogens is 3. The van der Waals surface area contributed by atoms with Gasteiger partial charge in [0.05, 0.1) is 12.2 Å². The molecule has 6 heteroatoms. The van der Waals surface area contributed by atoms with Crippen LogP contribution < -0.4 is 5.32 Å². The molecule has 0 spiro atoms. The molecule has 1 N–H and O–H groups in total. The Hall–Kier alpha value is -1.62. The minimum absolute atomic E-state index is 0.149. The van der Waals surface area contributed by atoms with Crippen LogP contribution in [0.25, 0.3) is 0 Å². The molecule has 2 heterocycles. The predicted molar refractivity (Wildman–Crippen MR) is 74.3 cm³/mol. The molecule has 0 aromatic carbocycles. The molecule has 0 saturated carbocycles. The molecule has 0 amide bonds. The molecule has 2 aromatic heterocycles. The molecule has 2 aromatic rings. The third-order valence-electron chi connectivity index (χ3n) is 2.49. The van der Waals surface area contributed by atoms with E-state index in [1.54, 1.807) is 6.07 Å². The first-order valence-corrected chi connectivity index (χ1v) is 6.43. The molecule has 2 rings (SSSR count). The fourth-order valence-electron chi connectivity index (χ4n) is 1.52. The SMILES string of the molecule is Cc1cc(CNc2cc(Cl)nc(C(C)(C)C)n2)on1. The Kier molecular flexibility index (Phi) is 3.75. The highest BCUT2D eigenvalue weighted by molar-refractivity contribution is 6.29. The zero-order chi connectivity index (χ0) is 14.0. The van der Waals surface area contributed by atoms with Crippen LogP contribution >= 0.6 is 11.6 Å². The topological polar surface area (TPSA) is 63.8 Å². The van der Waals surface area contributed by atoms with Gasteiger partial charge in [0.1, 0.15) is 16.8 Å². The Morgan fingerprint density at radius 1 is 1.26 bits per heavy atom. The lowest BCUT2D eigenvalue weighted by molar-refractivity contribution is 0.384. The van der Waals surface area contributed by atoms with Crippen molar-refractivity contribution in [3.8, 4) is 0 Å². The maximum atomic E-state index is 6.02. The Morgan fingerprint density at radius 3 is 2.58 bits per heavy atom. The summed E-state index contributed by atoms with van der Waals surface area (Å²) in [5.74, 6) is 2.14. The molecule has 102 valence electrons. The Labute approximate surface area is 117 Å². The third-order valence-corrected chi connectivity index (χ3v) is 2.68. The van der Waals surface area contributed by atoms with E-state index in [9.17, 15) is 0 Å². The summed E-state index contributed by atoms with van der Waals surface area (Å²) in [5.41, 5.74) is 0.706. The molecule has 0 bridgehead atoms. The summed E-state index contributed by atoms with van der Waals surface area (Å²) >= 11 is 6.02. The lowest BCUT2D eigenvalue weighted by Gasteiger charge is -2.17. The molecule has 0 saturated heterocycles. The Bertz CT molecular complexity index is 574. The van der Waals surface area contributed by atoms with Crippen LogP contribution in [0.1, 0.15) is 38.0 Å². The summed E-state index contributed by atoms with van der Waals surface area (Å²) in [5, 5.41) is 7.41. The van der Waals surface area contributed by atoms with Gasteiger partial charge in [-0.1, -0.05) is 37.5 Å². The number of nitrogens with zero attached hydrogens (tertiary/aromatic N) is 3. The predicted octanol–water partition coefficient (Wildman–Crippen LogP) is 3.34. The van der Waals surface area contributed by atoms with Gasteiger partial charge in [0.2, 0.25) is 0 Å². The van der Waals surface area contributed by atoms with Gasteiger partial charge < -0.3 is 9.84 Å². The van der Waals surface area contributed by atoms with E-state index in [0.29, 0.717) is 23.3 Å². The van der Waals surface area contributed by atoms with Crippen LogP contribution in [0.3, 0.4) is 0 Å². The van der Waals surface area contributed by atoms with Crippen LogP contribution in [0, 0.1) is 6.92 Å². The van der Waals surface area contributed by atoms with Crippen LogP contribution in [0.4, 0.5) is 5.82 Å². The van der Waals surface area contributed by atoms with Gasteiger partial charge in [-0.3, -0.25) is 0 Å². The summed E-state index contributed by atoms with van der Waals surface area (Å²) in [4.78, 5) is 8.70. The van der Waals surface area contributed by atoms with Gasteiger partial charge in [0.15, 0.2) is 5.76 Å². The first kappa shape index (κ1) is 13.8. The van der Waals surface area contributed by atoms with Gasteiger partial charge >= 0.3 is 0 Å². The number of rotatable bonds is 3. The van der Waals surface area contributed by atoms with Crippen LogP contribution in [-0.2, 0) is 12.0 Å². The van der Waals surface area contributed by atoms with Crippen molar-refractivity contribution in [1.29, 1.82) is 0 Å². The molecule has 19 heavy (non-hydrogen) atoms. The minimum Gasteiger partial charge on any atom is -0.363 e. The normalized spacial score (nSPS) is 11.6. The molecular weight excluding hydrogens is 264 g/mol. The van der Waals surface area contributed by atoms with E-state index >= 15 is 0 Å². The summed E-state index contributed by atoms with van der Waals surface area (Å²) < 4.78 is 5.12. The first-order valence-electron chi connectivity index (χ1n) is 6.06. The van der Waals surface area contributed by atoms with Crippen LogP contribution in [-0.4, -0.2) is 15.1 Å². The molecule has 0 unspecified atom stereocenters. The van der Waals surface area contributed by atoms with Crippen molar-refractivity contribution >= 4 is 17.4 Å². The van der Waals surface area contributed by atoms with E-state index in [1.807, 2.05) is 33.8 Å².